The number of halogens is 1. The molecule has 0 bridgehead atoms. The Labute approximate surface area is 144 Å². The van der Waals surface area contributed by atoms with Crippen LogP contribution in [0.5, 0.6) is 0 Å². The zero-order chi connectivity index (χ0) is 17.2. The molecule has 0 aliphatic heterocycles. The second kappa shape index (κ2) is 10.1. The van der Waals surface area contributed by atoms with Crippen LogP contribution in [-0.4, -0.2) is 6.10 Å². The van der Waals surface area contributed by atoms with Crippen molar-refractivity contribution in [1.82, 2.24) is 0 Å². The smallest absolute Gasteiger partial charge is 0.199 e. The number of hydrogen-bond donors (Lipinski definition) is 0. The van der Waals surface area contributed by atoms with Gasteiger partial charge in [0, 0.05) is 0 Å². The maximum atomic E-state index is 12.7. The maximum Gasteiger partial charge on any atom is 0.199 e. The summed E-state index contributed by atoms with van der Waals surface area (Å²) in [7, 11) is 0. The van der Waals surface area contributed by atoms with Crippen LogP contribution in [0.2, 0.25) is 0 Å². The Kier molecular flexibility index (Phi) is 7.71. The lowest BCUT2D eigenvalue weighted by Gasteiger charge is -2.26. The molecule has 2 rings (SSSR count). The summed E-state index contributed by atoms with van der Waals surface area (Å²) in [5.74, 6) is -0.283. The normalized spacial score (nSPS) is 21.8. The number of benzene rings is 1. The summed E-state index contributed by atoms with van der Waals surface area (Å²) in [5, 5.41) is 8.36. The molecule has 24 heavy (non-hydrogen) atoms. The van der Waals surface area contributed by atoms with Gasteiger partial charge in [0.1, 0.15) is 6.07 Å². The third-order valence-electron chi connectivity index (χ3n) is 4.50. The minimum Gasteiger partial charge on any atom is -0.374 e. The molecule has 1 aliphatic rings. The Hall–Kier alpha value is -1.92. The Morgan fingerprint density at radius 2 is 1.88 bits per heavy atom. The first-order chi connectivity index (χ1) is 11.7. The summed E-state index contributed by atoms with van der Waals surface area (Å²) >= 11 is 0. The highest BCUT2D eigenvalue weighted by Gasteiger charge is 2.19. The number of ether oxygens (including phenoxy) is 1. The standard InChI is InChI=1S/C21H26FNO/c1-2-4-17-7-9-19(10-8-17)16-24-21-13-11-18(12-14-21)5-3-6-20(22)15-23/h3,5-10,18,21H,2,4,11-14,16H2,1H3. The molecular formula is C21H26FNO. The minimum atomic E-state index is -0.742. The van der Waals surface area contributed by atoms with Gasteiger partial charge in [-0.25, -0.2) is 0 Å². The highest BCUT2D eigenvalue weighted by Crippen LogP contribution is 2.27. The number of nitrogens with zero attached hydrogens (tertiary/aromatic N) is 1. The predicted octanol–water partition coefficient (Wildman–Crippen LogP) is 5.65. The average Bonchev–Trinajstić information content (AvgIpc) is 2.62. The Morgan fingerprint density at radius 1 is 1.21 bits per heavy atom. The number of allylic oxidation sites excluding steroid dienone is 4. The van der Waals surface area contributed by atoms with Crippen LogP contribution < -0.4 is 0 Å². The van der Waals surface area contributed by atoms with E-state index < -0.39 is 5.83 Å². The molecule has 0 radical (unpaired) electrons. The summed E-state index contributed by atoms with van der Waals surface area (Å²) in [6.45, 7) is 2.87. The zero-order valence-corrected chi connectivity index (χ0v) is 14.4. The van der Waals surface area contributed by atoms with E-state index in [1.165, 1.54) is 29.7 Å². The summed E-state index contributed by atoms with van der Waals surface area (Å²) in [5.41, 5.74) is 2.62. The van der Waals surface area contributed by atoms with Gasteiger partial charge in [0.2, 0.25) is 0 Å². The summed E-state index contributed by atoms with van der Waals surface area (Å²) in [4.78, 5) is 0. The molecule has 0 N–H and O–H groups in total. The van der Waals surface area contributed by atoms with E-state index in [4.69, 9.17) is 10.00 Å². The lowest BCUT2D eigenvalue weighted by Crippen LogP contribution is -2.20. The van der Waals surface area contributed by atoms with Crippen molar-refractivity contribution in [1.29, 1.82) is 5.26 Å². The van der Waals surface area contributed by atoms with Gasteiger partial charge in [0.05, 0.1) is 12.7 Å². The average molecular weight is 327 g/mol. The number of hydrogen-bond acceptors (Lipinski definition) is 2. The van der Waals surface area contributed by atoms with E-state index in [1.54, 1.807) is 6.08 Å². The molecule has 1 fully saturated rings. The molecule has 0 saturated heterocycles. The quantitative estimate of drug-likeness (QED) is 0.479. The minimum absolute atomic E-state index is 0.316. The first-order valence-corrected chi connectivity index (χ1v) is 8.84. The lowest BCUT2D eigenvalue weighted by atomic mass is 9.87. The third-order valence-corrected chi connectivity index (χ3v) is 4.50. The molecular weight excluding hydrogens is 301 g/mol. The van der Waals surface area contributed by atoms with Gasteiger partial charge in [-0.05, 0) is 55.2 Å². The van der Waals surface area contributed by atoms with Gasteiger partial charge in [-0.15, -0.1) is 0 Å². The van der Waals surface area contributed by atoms with E-state index in [-0.39, 0.29) is 0 Å². The van der Waals surface area contributed by atoms with Crippen LogP contribution in [0.1, 0.15) is 50.2 Å². The molecule has 0 heterocycles. The van der Waals surface area contributed by atoms with Crippen LogP contribution in [0.4, 0.5) is 4.39 Å². The first kappa shape index (κ1) is 18.4. The van der Waals surface area contributed by atoms with E-state index in [0.29, 0.717) is 18.6 Å². The largest absolute Gasteiger partial charge is 0.374 e. The van der Waals surface area contributed by atoms with Crippen molar-refractivity contribution in [3.8, 4) is 6.07 Å². The van der Waals surface area contributed by atoms with Gasteiger partial charge in [0.25, 0.3) is 0 Å². The SMILES string of the molecule is CCCc1ccc(COC2CCC(C=CC=C(F)C#N)CC2)cc1. The van der Waals surface area contributed by atoms with Gasteiger partial charge >= 0.3 is 0 Å². The van der Waals surface area contributed by atoms with Crippen molar-refractivity contribution >= 4 is 0 Å². The fraction of sp³-hybridized carbons (Fsp3) is 0.476. The van der Waals surface area contributed by atoms with E-state index >= 15 is 0 Å². The van der Waals surface area contributed by atoms with Gasteiger partial charge in [-0.1, -0.05) is 49.8 Å². The second-order valence-electron chi connectivity index (χ2n) is 6.43. The van der Waals surface area contributed by atoms with Gasteiger partial charge in [-0.3, -0.25) is 0 Å². The van der Waals surface area contributed by atoms with E-state index in [1.807, 2.05) is 6.08 Å². The summed E-state index contributed by atoms with van der Waals surface area (Å²) in [6.07, 6.45) is 11.7. The molecule has 0 amide bonds. The van der Waals surface area contributed by atoms with E-state index in [2.05, 4.69) is 31.2 Å². The topological polar surface area (TPSA) is 33.0 Å². The van der Waals surface area contributed by atoms with Crippen LogP contribution >= 0.6 is 0 Å². The van der Waals surface area contributed by atoms with Crippen LogP contribution in [0.25, 0.3) is 0 Å². The molecule has 0 unspecified atom stereocenters. The molecule has 1 aliphatic carbocycles. The molecule has 1 saturated carbocycles. The summed E-state index contributed by atoms with van der Waals surface area (Å²) < 4.78 is 18.7. The molecule has 1 aromatic rings. The van der Waals surface area contributed by atoms with Crippen molar-refractivity contribution in [2.75, 3.05) is 0 Å². The molecule has 3 heteroatoms. The van der Waals surface area contributed by atoms with Crippen molar-refractivity contribution in [2.24, 2.45) is 5.92 Å². The fourth-order valence-electron chi connectivity index (χ4n) is 3.09. The summed E-state index contributed by atoms with van der Waals surface area (Å²) in [6, 6.07) is 10.2. The van der Waals surface area contributed by atoms with Crippen LogP contribution in [-0.2, 0) is 17.8 Å². The molecule has 0 spiro atoms. The lowest BCUT2D eigenvalue weighted by molar-refractivity contribution is 0.0110. The van der Waals surface area contributed by atoms with Gasteiger partial charge in [-0.2, -0.15) is 9.65 Å². The molecule has 2 nitrogen and oxygen atoms in total. The molecule has 128 valence electrons. The Bertz CT molecular complexity index is 589. The maximum absolute atomic E-state index is 12.7. The third kappa shape index (κ3) is 6.29. The molecule has 1 aromatic carbocycles. The predicted molar refractivity (Wildman–Crippen MR) is 94.9 cm³/mol. The molecule has 0 aromatic heterocycles. The van der Waals surface area contributed by atoms with Crippen molar-refractivity contribution in [3.63, 3.8) is 0 Å². The zero-order valence-electron chi connectivity index (χ0n) is 14.4. The fourth-order valence-corrected chi connectivity index (χ4v) is 3.09. The van der Waals surface area contributed by atoms with E-state index in [9.17, 15) is 4.39 Å². The highest BCUT2D eigenvalue weighted by atomic mass is 19.1. The van der Waals surface area contributed by atoms with Crippen molar-refractivity contribution in [2.45, 2.75) is 58.2 Å². The number of aryl methyl sites for hydroxylation is 1. The monoisotopic (exact) mass is 327 g/mol. The Balaban J connectivity index is 1.70. The van der Waals surface area contributed by atoms with Gasteiger partial charge in [0.15, 0.2) is 5.83 Å². The number of rotatable bonds is 7. The second-order valence-corrected chi connectivity index (χ2v) is 6.43. The Morgan fingerprint density at radius 3 is 2.50 bits per heavy atom. The van der Waals surface area contributed by atoms with Crippen molar-refractivity contribution in [3.05, 3.63) is 59.4 Å². The van der Waals surface area contributed by atoms with Crippen LogP contribution in [0, 0.1) is 17.2 Å². The number of nitriles is 1. The van der Waals surface area contributed by atoms with Crippen LogP contribution in [0.3, 0.4) is 0 Å². The molecule has 0 atom stereocenters. The highest BCUT2D eigenvalue weighted by molar-refractivity contribution is 5.22. The van der Waals surface area contributed by atoms with Crippen LogP contribution in [0.15, 0.2) is 48.3 Å². The van der Waals surface area contributed by atoms with E-state index in [0.717, 1.165) is 32.1 Å². The van der Waals surface area contributed by atoms with Gasteiger partial charge < -0.3 is 4.74 Å². The van der Waals surface area contributed by atoms with Crippen molar-refractivity contribution < 1.29 is 9.13 Å². The first-order valence-electron chi connectivity index (χ1n) is 8.84.